The van der Waals surface area contributed by atoms with E-state index in [1.165, 1.54) is 10.6 Å². The molecule has 1 aliphatic rings. The van der Waals surface area contributed by atoms with Crippen molar-refractivity contribution in [2.75, 3.05) is 11.9 Å². The number of benzene rings is 3. The van der Waals surface area contributed by atoms with Crippen molar-refractivity contribution in [2.45, 2.75) is 32.1 Å². The van der Waals surface area contributed by atoms with E-state index in [1.807, 2.05) is 54.6 Å². The normalized spacial score (nSPS) is 16.7. The van der Waals surface area contributed by atoms with E-state index in [1.54, 1.807) is 0 Å². The Kier molecular flexibility index (Phi) is 6.38. The number of urea groups is 1. The zero-order valence-electron chi connectivity index (χ0n) is 17.8. The standard InChI is InChI=1S/C26H26ClN3O/c1-3-18(2)19-11-15-23(16-12-19)28-26(31)30-17-24(20-7-5-4-6-8-20)25(29-30)21-9-13-22(27)14-10-21/h4-16,18,24H,3,17H2,1-2H3,(H,28,31)/t18-,24-/m0/s1. The molecule has 31 heavy (non-hydrogen) atoms. The van der Waals surface area contributed by atoms with Crippen molar-refractivity contribution < 1.29 is 4.79 Å². The van der Waals surface area contributed by atoms with Crippen molar-refractivity contribution in [3.63, 3.8) is 0 Å². The van der Waals surface area contributed by atoms with Crippen LogP contribution in [0.15, 0.2) is 84.0 Å². The van der Waals surface area contributed by atoms with Gasteiger partial charge in [0.2, 0.25) is 0 Å². The lowest BCUT2D eigenvalue weighted by molar-refractivity contribution is 0.218. The number of hydrazone groups is 1. The number of carbonyl (C=O) groups excluding carboxylic acids is 1. The van der Waals surface area contributed by atoms with E-state index in [0.717, 1.165) is 28.9 Å². The summed E-state index contributed by atoms with van der Waals surface area (Å²) < 4.78 is 0. The molecule has 158 valence electrons. The summed E-state index contributed by atoms with van der Waals surface area (Å²) in [5.41, 5.74) is 5.00. The van der Waals surface area contributed by atoms with Gasteiger partial charge in [-0.2, -0.15) is 5.10 Å². The molecule has 2 atom stereocenters. The lowest BCUT2D eigenvalue weighted by atomic mass is 9.91. The van der Waals surface area contributed by atoms with Gasteiger partial charge in [0.05, 0.1) is 12.3 Å². The fourth-order valence-corrected chi connectivity index (χ4v) is 3.90. The third kappa shape index (κ3) is 4.80. The molecular formula is C26H26ClN3O. The number of rotatable bonds is 5. The van der Waals surface area contributed by atoms with Crippen LogP contribution in [0.25, 0.3) is 0 Å². The lowest BCUT2D eigenvalue weighted by Gasteiger charge is -2.16. The van der Waals surface area contributed by atoms with Crippen LogP contribution < -0.4 is 5.32 Å². The number of hydrogen-bond donors (Lipinski definition) is 1. The average Bonchev–Trinajstić information content (AvgIpc) is 3.26. The van der Waals surface area contributed by atoms with E-state index in [0.29, 0.717) is 17.5 Å². The highest BCUT2D eigenvalue weighted by atomic mass is 35.5. The molecule has 0 unspecified atom stereocenters. The molecule has 2 amide bonds. The predicted octanol–water partition coefficient (Wildman–Crippen LogP) is 6.89. The molecule has 0 aliphatic carbocycles. The van der Waals surface area contributed by atoms with Gasteiger partial charge in [0.15, 0.2) is 0 Å². The number of nitrogens with zero attached hydrogens (tertiary/aromatic N) is 2. The molecule has 1 N–H and O–H groups in total. The van der Waals surface area contributed by atoms with Gasteiger partial charge in [-0.3, -0.25) is 0 Å². The van der Waals surface area contributed by atoms with Gasteiger partial charge in [-0.25, -0.2) is 9.80 Å². The molecule has 0 bridgehead atoms. The monoisotopic (exact) mass is 431 g/mol. The van der Waals surface area contributed by atoms with Gasteiger partial charge in [-0.1, -0.05) is 80.0 Å². The van der Waals surface area contributed by atoms with E-state index in [4.69, 9.17) is 16.7 Å². The predicted molar refractivity (Wildman–Crippen MR) is 128 cm³/mol. The fourth-order valence-electron chi connectivity index (χ4n) is 3.78. The van der Waals surface area contributed by atoms with E-state index < -0.39 is 0 Å². The molecule has 0 fully saturated rings. The van der Waals surface area contributed by atoms with Crippen LogP contribution in [-0.2, 0) is 0 Å². The highest BCUT2D eigenvalue weighted by molar-refractivity contribution is 6.30. The molecule has 0 saturated carbocycles. The van der Waals surface area contributed by atoms with Crippen molar-refractivity contribution in [2.24, 2.45) is 5.10 Å². The van der Waals surface area contributed by atoms with Crippen LogP contribution in [0, 0.1) is 0 Å². The molecule has 3 aromatic carbocycles. The Bertz CT molecular complexity index is 1060. The second-order valence-corrected chi connectivity index (χ2v) is 8.34. The minimum atomic E-state index is -0.235. The van der Waals surface area contributed by atoms with Crippen molar-refractivity contribution in [1.29, 1.82) is 0 Å². The largest absolute Gasteiger partial charge is 0.342 e. The molecule has 4 rings (SSSR count). The van der Waals surface area contributed by atoms with E-state index in [-0.39, 0.29) is 11.9 Å². The quantitative estimate of drug-likeness (QED) is 0.469. The Hall–Kier alpha value is -3.11. The summed E-state index contributed by atoms with van der Waals surface area (Å²) in [6.07, 6.45) is 1.09. The topological polar surface area (TPSA) is 44.7 Å². The summed E-state index contributed by atoms with van der Waals surface area (Å²) in [5, 5.41) is 9.87. The highest BCUT2D eigenvalue weighted by Crippen LogP contribution is 2.30. The number of nitrogens with one attached hydrogen (secondary N) is 1. The van der Waals surface area contributed by atoms with E-state index >= 15 is 0 Å². The summed E-state index contributed by atoms with van der Waals surface area (Å²) in [6, 6.07) is 25.6. The van der Waals surface area contributed by atoms with Crippen molar-refractivity contribution in [1.82, 2.24) is 5.01 Å². The van der Waals surface area contributed by atoms with E-state index in [2.05, 4.69) is 43.4 Å². The average molecular weight is 432 g/mol. The summed E-state index contributed by atoms with van der Waals surface area (Å²) in [4.78, 5) is 13.0. The smallest absolute Gasteiger partial charge is 0.306 e. The van der Waals surface area contributed by atoms with Gasteiger partial charge < -0.3 is 5.32 Å². The van der Waals surface area contributed by atoms with Crippen molar-refractivity contribution in [3.05, 3.63) is 101 Å². The maximum atomic E-state index is 13.0. The first-order valence-corrected chi connectivity index (χ1v) is 11.0. The van der Waals surface area contributed by atoms with Gasteiger partial charge in [-0.15, -0.1) is 0 Å². The second kappa shape index (κ2) is 9.36. The Morgan fingerprint density at radius 1 is 1.06 bits per heavy atom. The second-order valence-electron chi connectivity index (χ2n) is 7.90. The van der Waals surface area contributed by atoms with Crippen LogP contribution in [0.2, 0.25) is 5.02 Å². The Morgan fingerprint density at radius 2 is 1.74 bits per heavy atom. The number of amides is 2. The van der Waals surface area contributed by atoms with Gasteiger partial charge in [0, 0.05) is 16.6 Å². The summed E-state index contributed by atoms with van der Waals surface area (Å²) in [6.45, 7) is 4.86. The SMILES string of the molecule is CC[C@H](C)c1ccc(NC(=O)N2C[C@@H](c3ccccc3)C(c3ccc(Cl)cc3)=N2)cc1. The van der Waals surface area contributed by atoms with Gasteiger partial charge in [-0.05, 0) is 53.3 Å². The summed E-state index contributed by atoms with van der Waals surface area (Å²) in [5.74, 6) is 0.502. The zero-order valence-corrected chi connectivity index (χ0v) is 18.5. The minimum Gasteiger partial charge on any atom is -0.306 e. The van der Waals surface area contributed by atoms with Gasteiger partial charge >= 0.3 is 6.03 Å². The number of hydrogen-bond acceptors (Lipinski definition) is 2. The molecule has 0 aromatic heterocycles. The van der Waals surface area contributed by atoms with Crippen LogP contribution in [-0.4, -0.2) is 23.3 Å². The first-order chi connectivity index (χ1) is 15.0. The van der Waals surface area contributed by atoms with E-state index in [9.17, 15) is 4.79 Å². The third-order valence-electron chi connectivity index (χ3n) is 5.83. The number of halogens is 1. The minimum absolute atomic E-state index is 0.000838. The first kappa shape index (κ1) is 21.1. The van der Waals surface area contributed by atoms with Gasteiger partial charge in [0.25, 0.3) is 0 Å². The molecule has 1 heterocycles. The molecule has 0 saturated heterocycles. The Balaban J connectivity index is 1.56. The van der Waals surface area contributed by atoms with Crippen LogP contribution >= 0.6 is 11.6 Å². The zero-order chi connectivity index (χ0) is 21.8. The molecule has 4 nitrogen and oxygen atoms in total. The first-order valence-electron chi connectivity index (χ1n) is 10.6. The van der Waals surface area contributed by atoms with Crippen LogP contribution in [0.1, 0.15) is 48.8 Å². The molecule has 5 heteroatoms. The molecule has 1 aliphatic heterocycles. The Morgan fingerprint density at radius 3 is 2.39 bits per heavy atom. The third-order valence-corrected chi connectivity index (χ3v) is 6.09. The van der Waals surface area contributed by atoms with Crippen molar-refractivity contribution in [3.8, 4) is 0 Å². The lowest BCUT2D eigenvalue weighted by Crippen LogP contribution is -2.30. The highest BCUT2D eigenvalue weighted by Gasteiger charge is 2.32. The summed E-state index contributed by atoms with van der Waals surface area (Å²) in [7, 11) is 0. The van der Waals surface area contributed by atoms with Crippen molar-refractivity contribution >= 4 is 29.0 Å². The molecule has 3 aromatic rings. The number of anilines is 1. The van der Waals surface area contributed by atoms with Crippen LogP contribution in [0.3, 0.4) is 0 Å². The Labute approximate surface area is 188 Å². The number of carbonyl (C=O) groups is 1. The van der Waals surface area contributed by atoms with Crippen LogP contribution in [0.5, 0.6) is 0 Å². The van der Waals surface area contributed by atoms with Crippen LogP contribution in [0.4, 0.5) is 10.5 Å². The molecular weight excluding hydrogens is 406 g/mol. The summed E-state index contributed by atoms with van der Waals surface area (Å²) >= 11 is 6.07. The maximum absolute atomic E-state index is 13.0. The maximum Gasteiger partial charge on any atom is 0.342 e. The fraction of sp³-hybridized carbons (Fsp3) is 0.231. The molecule has 0 spiro atoms. The molecule has 0 radical (unpaired) electrons. The van der Waals surface area contributed by atoms with Gasteiger partial charge in [0.1, 0.15) is 0 Å².